The summed E-state index contributed by atoms with van der Waals surface area (Å²) in [5.41, 5.74) is 1.25. The van der Waals surface area contributed by atoms with E-state index >= 15 is 0 Å². The van der Waals surface area contributed by atoms with Crippen molar-refractivity contribution in [3.63, 3.8) is 0 Å². The third-order valence-corrected chi connectivity index (χ3v) is 8.76. The van der Waals surface area contributed by atoms with E-state index in [9.17, 15) is 14.4 Å². The minimum Gasteiger partial charge on any atom is -0.496 e. The van der Waals surface area contributed by atoms with E-state index in [0.29, 0.717) is 52.0 Å². The van der Waals surface area contributed by atoms with Gasteiger partial charge in [0.25, 0.3) is 5.91 Å². The van der Waals surface area contributed by atoms with Crippen LogP contribution in [0.1, 0.15) is 76.7 Å². The molecule has 8 heteroatoms. The van der Waals surface area contributed by atoms with Gasteiger partial charge in [-0.05, 0) is 49.4 Å². The van der Waals surface area contributed by atoms with Crippen LogP contribution in [0.25, 0.3) is 0 Å². The number of likely N-dealkylation sites (tertiary alicyclic amines) is 1. The number of rotatable bonds is 15. The molecule has 2 aromatic rings. The number of unbranched alkanes of at least 4 members (excludes halogenated alkanes) is 6. The lowest BCUT2D eigenvalue weighted by molar-refractivity contribution is -0.140. The lowest BCUT2D eigenvalue weighted by Crippen LogP contribution is -2.57. The van der Waals surface area contributed by atoms with Crippen molar-refractivity contribution in [3.8, 4) is 5.75 Å². The van der Waals surface area contributed by atoms with E-state index in [0.717, 1.165) is 29.8 Å². The molecule has 0 bridgehead atoms. The van der Waals surface area contributed by atoms with Gasteiger partial charge < -0.3 is 24.8 Å². The summed E-state index contributed by atoms with van der Waals surface area (Å²) < 4.78 is 5.41. The van der Waals surface area contributed by atoms with Gasteiger partial charge in [0, 0.05) is 31.7 Å². The molecule has 0 saturated carbocycles. The number of carbonyl (C=O) groups is 3. The number of amides is 3. The second-order valence-electron chi connectivity index (χ2n) is 11.6. The van der Waals surface area contributed by atoms with E-state index in [1.54, 1.807) is 12.0 Å². The van der Waals surface area contributed by atoms with Crippen LogP contribution in [0.4, 0.5) is 5.69 Å². The van der Waals surface area contributed by atoms with Crippen molar-refractivity contribution in [1.29, 1.82) is 0 Å². The Bertz CT molecular complexity index is 1160. The molecule has 0 radical (unpaired) electrons. The molecular weight excluding hydrogens is 528 g/mol. The lowest BCUT2D eigenvalue weighted by atomic mass is 9.85. The molecule has 4 rings (SSSR count). The Labute approximate surface area is 251 Å². The Morgan fingerprint density at radius 2 is 1.57 bits per heavy atom. The zero-order valence-electron chi connectivity index (χ0n) is 25.5. The van der Waals surface area contributed by atoms with Gasteiger partial charge in [0.1, 0.15) is 17.8 Å². The minimum atomic E-state index is -0.741. The van der Waals surface area contributed by atoms with Gasteiger partial charge in [0.05, 0.1) is 13.8 Å². The highest BCUT2D eigenvalue weighted by Gasteiger charge is 2.54. The van der Waals surface area contributed by atoms with Crippen LogP contribution in [-0.2, 0) is 20.8 Å². The van der Waals surface area contributed by atoms with Crippen LogP contribution in [0.15, 0.2) is 54.6 Å². The molecule has 2 aliphatic heterocycles. The van der Waals surface area contributed by atoms with Gasteiger partial charge in [0.2, 0.25) is 11.8 Å². The van der Waals surface area contributed by atoms with Gasteiger partial charge in [-0.15, -0.1) is 0 Å². The van der Waals surface area contributed by atoms with Crippen LogP contribution in [0, 0.1) is 0 Å². The van der Waals surface area contributed by atoms with Crippen molar-refractivity contribution in [3.05, 3.63) is 60.2 Å². The summed E-state index contributed by atoms with van der Waals surface area (Å²) in [4.78, 5) is 45.6. The molecule has 2 aromatic carbocycles. The highest BCUT2D eigenvalue weighted by Crippen LogP contribution is 2.39. The topological polar surface area (TPSA) is 82.2 Å². The van der Waals surface area contributed by atoms with Crippen LogP contribution in [0.5, 0.6) is 5.75 Å². The first-order valence-corrected chi connectivity index (χ1v) is 15.8. The Morgan fingerprint density at radius 1 is 0.905 bits per heavy atom. The van der Waals surface area contributed by atoms with Gasteiger partial charge in [-0.25, -0.2) is 0 Å². The van der Waals surface area contributed by atoms with Crippen molar-refractivity contribution in [1.82, 2.24) is 15.1 Å². The summed E-state index contributed by atoms with van der Waals surface area (Å²) in [7, 11) is 1.64. The molecule has 2 heterocycles. The Hall–Kier alpha value is -3.55. The maximum atomic E-state index is 14.0. The number of ether oxygens (including phenoxy) is 1. The molecule has 8 nitrogen and oxygen atoms in total. The third kappa shape index (κ3) is 7.84. The number of benzene rings is 2. The quantitative estimate of drug-likeness (QED) is 0.296. The van der Waals surface area contributed by atoms with Gasteiger partial charge in [0.15, 0.2) is 0 Å². The lowest BCUT2D eigenvalue weighted by Gasteiger charge is -2.43. The largest absolute Gasteiger partial charge is 0.496 e. The number of para-hydroxylation sites is 2. The molecule has 0 atom stereocenters. The summed E-state index contributed by atoms with van der Waals surface area (Å²) >= 11 is 0. The SMILES string of the molecule is CCCCCCCCCC(=O)N1CCC2(CC1)C(=O)N(CC(=O)NCCc1ccccc1OC)CN2c1ccccc1. The molecule has 2 aliphatic rings. The first-order valence-electron chi connectivity index (χ1n) is 15.8. The fraction of sp³-hybridized carbons (Fsp3) is 0.559. The van der Waals surface area contributed by atoms with Gasteiger partial charge >= 0.3 is 0 Å². The first kappa shape index (κ1) is 31.4. The summed E-state index contributed by atoms with van der Waals surface area (Å²) in [5, 5.41) is 2.98. The van der Waals surface area contributed by atoms with Crippen molar-refractivity contribution >= 4 is 23.4 Å². The van der Waals surface area contributed by atoms with Gasteiger partial charge in [-0.3, -0.25) is 14.4 Å². The summed E-state index contributed by atoms with van der Waals surface area (Å²) in [5.74, 6) is 0.798. The first-order chi connectivity index (χ1) is 20.5. The zero-order chi connectivity index (χ0) is 29.8. The van der Waals surface area contributed by atoms with E-state index in [1.807, 2.05) is 59.5 Å². The van der Waals surface area contributed by atoms with Gasteiger partial charge in [-0.2, -0.15) is 0 Å². The monoisotopic (exact) mass is 576 g/mol. The van der Waals surface area contributed by atoms with Crippen molar-refractivity contribution in [2.45, 2.75) is 83.1 Å². The summed E-state index contributed by atoms with van der Waals surface area (Å²) in [6, 6.07) is 17.7. The van der Waals surface area contributed by atoms with Crippen molar-refractivity contribution in [2.24, 2.45) is 0 Å². The second-order valence-corrected chi connectivity index (χ2v) is 11.6. The molecule has 42 heavy (non-hydrogen) atoms. The van der Waals surface area contributed by atoms with E-state index in [2.05, 4.69) is 17.1 Å². The highest BCUT2D eigenvalue weighted by atomic mass is 16.5. The zero-order valence-corrected chi connectivity index (χ0v) is 25.5. The average molecular weight is 577 g/mol. The molecule has 0 aromatic heterocycles. The van der Waals surface area contributed by atoms with E-state index < -0.39 is 5.54 Å². The number of anilines is 1. The molecular formula is C34H48N4O4. The van der Waals surface area contributed by atoms with Gasteiger partial charge in [-0.1, -0.05) is 81.8 Å². The normalized spacial score (nSPS) is 16.2. The fourth-order valence-electron chi connectivity index (χ4n) is 6.32. The average Bonchev–Trinajstić information content (AvgIpc) is 3.27. The Morgan fingerprint density at radius 3 is 2.29 bits per heavy atom. The molecule has 228 valence electrons. The Kier molecular flexibility index (Phi) is 11.7. The van der Waals surface area contributed by atoms with Crippen LogP contribution in [-0.4, -0.2) is 73.0 Å². The smallest absolute Gasteiger partial charge is 0.250 e. The van der Waals surface area contributed by atoms with E-state index in [-0.39, 0.29) is 24.3 Å². The number of carbonyl (C=O) groups excluding carboxylic acids is 3. The second kappa shape index (κ2) is 15.6. The molecule has 0 unspecified atom stereocenters. The maximum Gasteiger partial charge on any atom is 0.250 e. The molecule has 1 N–H and O–H groups in total. The highest BCUT2D eigenvalue weighted by molar-refractivity contribution is 5.96. The molecule has 2 fully saturated rings. The number of nitrogens with one attached hydrogen (secondary N) is 1. The summed E-state index contributed by atoms with van der Waals surface area (Å²) in [6.07, 6.45) is 10.7. The molecule has 1 spiro atoms. The van der Waals surface area contributed by atoms with E-state index in [4.69, 9.17) is 4.74 Å². The maximum absolute atomic E-state index is 14.0. The predicted octanol–water partition coefficient (Wildman–Crippen LogP) is 5.16. The van der Waals surface area contributed by atoms with Crippen LogP contribution < -0.4 is 15.0 Å². The molecule has 0 aliphatic carbocycles. The van der Waals surface area contributed by atoms with E-state index in [1.165, 1.54) is 32.1 Å². The number of hydrogen-bond acceptors (Lipinski definition) is 5. The standard InChI is InChI=1S/C34H48N4O4/c1-3-4-5-6-7-8-12-19-32(40)36-24-21-34(22-25-36)33(41)37(27-38(34)29-16-10-9-11-17-29)26-31(39)35-23-20-28-15-13-14-18-30(28)42-2/h9-11,13-18H,3-8,12,19-27H2,1-2H3,(H,35,39). The van der Waals surface area contributed by atoms with Crippen LogP contribution >= 0.6 is 0 Å². The number of hydrogen-bond donors (Lipinski definition) is 1. The van der Waals surface area contributed by atoms with Crippen molar-refractivity contribution < 1.29 is 19.1 Å². The third-order valence-electron chi connectivity index (χ3n) is 8.76. The number of piperidine rings is 1. The molecule has 3 amide bonds. The Balaban J connectivity index is 1.32. The predicted molar refractivity (Wildman–Crippen MR) is 166 cm³/mol. The number of nitrogens with zero attached hydrogens (tertiary/aromatic N) is 3. The van der Waals surface area contributed by atoms with Crippen LogP contribution in [0.2, 0.25) is 0 Å². The van der Waals surface area contributed by atoms with Crippen molar-refractivity contribution in [2.75, 3.05) is 44.9 Å². The summed E-state index contributed by atoms with van der Waals surface area (Å²) in [6.45, 7) is 4.17. The fourth-order valence-corrected chi connectivity index (χ4v) is 6.32. The van der Waals surface area contributed by atoms with Crippen LogP contribution in [0.3, 0.4) is 0 Å². The molecule has 2 saturated heterocycles. The minimum absolute atomic E-state index is 0.0107. The number of methoxy groups -OCH3 is 1.